The van der Waals surface area contributed by atoms with Crippen molar-refractivity contribution in [2.45, 2.75) is 104 Å². The Morgan fingerprint density at radius 3 is 1.79 bits per heavy atom. The van der Waals surface area contributed by atoms with Gasteiger partial charge in [-0.2, -0.15) is 0 Å². The fourth-order valence-corrected chi connectivity index (χ4v) is 4.98. The summed E-state index contributed by atoms with van der Waals surface area (Å²) in [4.78, 5) is 24.9. The lowest BCUT2D eigenvalue weighted by Gasteiger charge is -2.37. The second kappa shape index (κ2) is 10.8. The Hall–Kier alpha value is -1.14. The van der Waals surface area contributed by atoms with E-state index in [2.05, 4.69) is 34.6 Å². The topological polar surface area (TPSA) is 93.1 Å². The van der Waals surface area contributed by atoms with E-state index >= 15 is 0 Å². The van der Waals surface area contributed by atoms with Gasteiger partial charge in [-0.1, -0.05) is 47.5 Å². The van der Waals surface area contributed by atoms with Gasteiger partial charge in [-0.3, -0.25) is 0 Å². The summed E-state index contributed by atoms with van der Waals surface area (Å²) in [6.45, 7) is 10.5. The van der Waals surface area contributed by atoms with Crippen LogP contribution in [0, 0.1) is 29.6 Å². The third kappa shape index (κ3) is 6.42. The number of aliphatic hydroxyl groups is 2. The van der Waals surface area contributed by atoms with Crippen molar-refractivity contribution in [1.29, 1.82) is 0 Å². The Balaban J connectivity index is 1.94. The lowest BCUT2D eigenvalue weighted by Crippen LogP contribution is -2.46. The van der Waals surface area contributed by atoms with E-state index in [4.69, 9.17) is 9.47 Å². The molecule has 6 heteroatoms. The average Bonchev–Trinajstić information content (AvgIpc) is 2.66. The molecule has 2 unspecified atom stereocenters. The molecule has 0 spiro atoms. The van der Waals surface area contributed by atoms with Crippen LogP contribution in [0.2, 0.25) is 0 Å². The van der Waals surface area contributed by atoms with Crippen LogP contribution in [0.5, 0.6) is 0 Å². The summed E-state index contributed by atoms with van der Waals surface area (Å²) in [5, 5.41) is 20.5. The number of hydrogen-bond donors (Lipinski definition) is 2. The zero-order valence-electron chi connectivity index (χ0n) is 18.7. The van der Waals surface area contributed by atoms with E-state index in [9.17, 15) is 19.8 Å². The molecule has 0 aromatic carbocycles. The van der Waals surface area contributed by atoms with Crippen molar-refractivity contribution in [3.63, 3.8) is 0 Å². The first-order valence-corrected chi connectivity index (χ1v) is 11.4. The first-order valence-electron chi connectivity index (χ1n) is 11.4. The molecule has 2 aliphatic carbocycles. The molecule has 0 bridgehead atoms. The van der Waals surface area contributed by atoms with Gasteiger partial charge in [0.15, 0.2) is 12.2 Å². The molecule has 2 rings (SSSR count). The number of esters is 2. The standard InChI is InChI=1S/C23H40O6/c1-13(2)16-8-6-7-9-18(16)28-22(26)20(24)21(25)23(27)29-19-12-15(5)10-11-17(19)14(3)4/h13-21,24-25H,6-12H2,1-5H3/t15-,16+,17+,18-,19-,20?,21?/m1/s1. The summed E-state index contributed by atoms with van der Waals surface area (Å²) in [5.74, 6) is -0.269. The summed E-state index contributed by atoms with van der Waals surface area (Å²) >= 11 is 0. The maximum absolute atomic E-state index is 12.5. The van der Waals surface area contributed by atoms with Crippen molar-refractivity contribution in [2.24, 2.45) is 29.6 Å². The molecular formula is C23H40O6. The number of ether oxygens (including phenoxy) is 2. The zero-order chi connectivity index (χ0) is 21.7. The number of carbonyl (C=O) groups excluding carboxylic acids is 2. The Kier molecular flexibility index (Phi) is 8.95. The first-order chi connectivity index (χ1) is 13.6. The van der Waals surface area contributed by atoms with Crippen molar-refractivity contribution in [2.75, 3.05) is 0 Å². The van der Waals surface area contributed by atoms with E-state index in [0.29, 0.717) is 17.8 Å². The van der Waals surface area contributed by atoms with Gasteiger partial charge >= 0.3 is 11.9 Å². The third-order valence-electron chi connectivity index (χ3n) is 6.89. The molecule has 0 aromatic rings. The monoisotopic (exact) mass is 412 g/mol. The number of rotatable bonds is 7. The molecule has 0 aliphatic heterocycles. The van der Waals surface area contributed by atoms with Crippen LogP contribution in [0.25, 0.3) is 0 Å². The third-order valence-corrected chi connectivity index (χ3v) is 6.89. The summed E-state index contributed by atoms with van der Waals surface area (Å²) < 4.78 is 11.1. The average molecular weight is 413 g/mol. The predicted octanol–water partition coefficient (Wildman–Crippen LogP) is 3.47. The molecule has 6 nitrogen and oxygen atoms in total. The second-order valence-corrected chi connectivity index (χ2v) is 9.86. The minimum Gasteiger partial charge on any atom is -0.460 e. The van der Waals surface area contributed by atoms with Gasteiger partial charge in [-0.05, 0) is 61.7 Å². The molecule has 2 N–H and O–H groups in total. The molecule has 0 amide bonds. The van der Waals surface area contributed by atoms with Crippen molar-refractivity contribution in [1.82, 2.24) is 0 Å². The van der Waals surface area contributed by atoms with Gasteiger partial charge in [0.2, 0.25) is 0 Å². The fourth-order valence-electron chi connectivity index (χ4n) is 4.98. The summed E-state index contributed by atoms with van der Waals surface area (Å²) in [5.41, 5.74) is 0. The highest BCUT2D eigenvalue weighted by Gasteiger charge is 2.40. The molecule has 0 radical (unpaired) electrons. The maximum Gasteiger partial charge on any atom is 0.338 e. The van der Waals surface area contributed by atoms with Crippen LogP contribution < -0.4 is 0 Å². The minimum absolute atomic E-state index is 0.223. The summed E-state index contributed by atoms with van der Waals surface area (Å²) in [6, 6.07) is 0. The van der Waals surface area contributed by atoms with Crippen LogP contribution in [-0.2, 0) is 19.1 Å². The smallest absolute Gasteiger partial charge is 0.338 e. The molecule has 2 fully saturated rings. The number of carbonyl (C=O) groups is 2. The van der Waals surface area contributed by atoms with Gasteiger partial charge in [0.05, 0.1) is 0 Å². The molecule has 29 heavy (non-hydrogen) atoms. The lowest BCUT2D eigenvalue weighted by atomic mass is 9.75. The Morgan fingerprint density at radius 2 is 1.24 bits per heavy atom. The fraction of sp³-hybridized carbons (Fsp3) is 0.913. The van der Waals surface area contributed by atoms with Crippen LogP contribution in [0.1, 0.15) is 79.6 Å². The maximum atomic E-state index is 12.5. The van der Waals surface area contributed by atoms with Gasteiger partial charge in [0, 0.05) is 0 Å². The Morgan fingerprint density at radius 1 is 0.759 bits per heavy atom. The van der Waals surface area contributed by atoms with Crippen molar-refractivity contribution in [3.05, 3.63) is 0 Å². The highest BCUT2D eigenvalue weighted by Crippen LogP contribution is 2.36. The van der Waals surface area contributed by atoms with E-state index < -0.39 is 24.1 Å². The van der Waals surface area contributed by atoms with Gasteiger partial charge in [-0.25, -0.2) is 9.59 Å². The molecule has 0 saturated heterocycles. The highest BCUT2D eigenvalue weighted by molar-refractivity contribution is 5.85. The summed E-state index contributed by atoms with van der Waals surface area (Å²) in [7, 11) is 0. The normalized spacial score (nSPS) is 32.7. The van der Waals surface area contributed by atoms with Crippen molar-refractivity contribution < 1.29 is 29.3 Å². The molecule has 168 valence electrons. The molecule has 2 aliphatic rings. The number of hydrogen-bond acceptors (Lipinski definition) is 6. The minimum atomic E-state index is -1.92. The van der Waals surface area contributed by atoms with Crippen molar-refractivity contribution in [3.8, 4) is 0 Å². The van der Waals surface area contributed by atoms with E-state index in [1.165, 1.54) is 0 Å². The molecular weight excluding hydrogens is 372 g/mol. The molecule has 2 saturated carbocycles. The molecule has 0 aromatic heterocycles. The van der Waals surface area contributed by atoms with E-state index in [-0.39, 0.29) is 24.0 Å². The van der Waals surface area contributed by atoms with Gasteiger partial charge in [-0.15, -0.1) is 0 Å². The lowest BCUT2D eigenvalue weighted by molar-refractivity contribution is -0.185. The van der Waals surface area contributed by atoms with Gasteiger partial charge < -0.3 is 19.7 Å². The van der Waals surface area contributed by atoms with Crippen LogP contribution in [-0.4, -0.2) is 46.6 Å². The Labute approximate surface area is 175 Å². The van der Waals surface area contributed by atoms with Crippen LogP contribution in [0.4, 0.5) is 0 Å². The van der Waals surface area contributed by atoms with Crippen LogP contribution >= 0.6 is 0 Å². The zero-order valence-corrected chi connectivity index (χ0v) is 18.7. The SMILES string of the molecule is CC(C)[C@@H]1CCCC[C@H]1OC(=O)C(O)C(O)C(=O)O[C@@H]1C[C@H](C)CC[C@H]1C(C)C. The second-order valence-electron chi connectivity index (χ2n) is 9.86. The Bertz CT molecular complexity index is 545. The highest BCUT2D eigenvalue weighted by atomic mass is 16.6. The van der Waals surface area contributed by atoms with E-state index in [0.717, 1.165) is 44.9 Å². The van der Waals surface area contributed by atoms with Crippen molar-refractivity contribution >= 4 is 11.9 Å². The van der Waals surface area contributed by atoms with Crippen LogP contribution in [0.15, 0.2) is 0 Å². The van der Waals surface area contributed by atoms with Gasteiger partial charge in [0.1, 0.15) is 12.2 Å². The van der Waals surface area contributed by atoms with E-state index in [1.807, 2.05) is 0 Å². The molecule has 0 heterocycles. The quantitative estimate of drug-likeness (QED) is 0.622. The predicted molar refractivity (Wildman–Crippen MR) is 110 cm³/mol. The largest absolute Gasteiger partial charge is 0.460 e. The van der Waals surface area contributed by atoms with Gasteiger partial charge in [0.25, 0.3) is 0 Å². The first kappa shape index (κ1) is 24.1. The van der Waals surface area contributed by atoms with Crippen LogP contribution in [0.3, 0.4) is 0 Å². The molecule has 7 atom stereocenters. The van der Waals surface area contributed by atoms with E-state index in [1.54, 1.807) is 0 Å². The summed E-state index contributed by atoms with van der Waals surface area (Å²) in [6.07, 6.45) is 2.17. The number of aliphatic hydroxyl groups excluding tert-OH is 2.